The highest BCUT2D eigenvalue weighted by Crippen LogP contribution is 2.18. The Labute approximate surface area is 129 Å². The van der Waals surface area contributed by atoms with Crippen molar-refractivity contribution in [1.82, 2.24) is 10.3 Å². The van der Waals surface area contributed by atoms with Crippen LogP contribution >= 0.6 is 11.3 Å². The van der Waals surface area contributed by atoms with E-state index in [-0.39, 0.29) is 5.91 Å². The van der Waals surface area contributed by atoms with E-state index >= 15 is 0 Å². The molecule has 1 aromatic carbocycles. The summed E-state index contributed by atoms with van der Waals surface area (Å²) in [5, 5.41) is 3.99. The van der Waals surface area contributed by atoms with E-state index in [1.807, 2.05) is 38.1 Å². The second-order valence-corrected chi connectivity index (χ2v) is 6.15. The van der Waals surface area contributed by atoms with Crippen LogP contribution in [0.1, 0.15) is 27.6 Å². The first kappa shape index (κ1) is 15.5. The second kappa shape index (κ2) is 7.22. The molecule has 0 aliphatic rings. The highest BCUT2D eigenvalue weighted by molar-refractivity contribution is 7.11. The molecule has 4 nitrogen and oxygen atoms in total. The van der Waals surface area contributed by atoms with Gasteiger partial charge in [0.2, 0.25) is 5.91 Å². The van der Waals surface area contributed by atoms with Crippen molar-refractivity contribution in [3.8, 4) is 5.75 Å². The third kappa shape index (κ3) is 4.56. The Morgan fingerprint density at radius 1 is 1.29 bits per heavy atom. The Balaban J connectivity index is 1.78. The number of carbonyl (C=O) groups is 1. The molecule has 0 saturated heterocycles. The molecular formula is C16H20N2O2S. The number of nitrogens with one attached hydrogen (secondary N) is 1. The quantitative estimate of drug-likeness (QED) is 0.892. The fraction of sp³-hybridized carbons (Fsp3) is 0.375. The zero-order valence-electron chi connectivity index (χ0n) is 12.6. The fourth-order valence-corrected chi connectivity index (χ4v) is 3.00. The summed E-state index contributed by atoms with van der Waals surface area (Å²) in [7, 11) is 1.64. The maximum atomic E-state index is 11.9. The summed E-state index contributed by atoms with van der Waals surface area (Å²) >= 11 is 1.67. The fourth-order valence-electron chi connectivity index (χ4n) is 2.06. The Bertz CT molecular complexity index is 605. The standard InChI is InChI=1S/C16H20N2O2S/c1-11-15(21-12(2)18-11)8-9-16(19)17-10-13-4-6-14(20-3)7-5-13/h4-7H,8-10H2,1-3H3,(H,17,19). The number of hydrogen-bond donors (Lipinski definition) is 1. The van der Waals surface area contributed by atoms with E-state index in [2.05, 4.69) is 10.3 Å². The maximum Gasteiger partial charge on any atom is 0.220 e. The minimum atomic E-state index is 0.0660. The number of amides is 1. The lowest BCUT2D eigenvalue weighted by atomic mass is 10.2. The first-order valence-electron chi connectivity index (χ1n) is 6.91. The zero-order valence-corrected chi connectivity index (χ0v) is 13.4. The number of benzene rings is 1. The molecule has 0 aliphatic carbocycles. The van der Waals surface area contributed by atoms with Crippen LogP contribution in [0.5, 0.6) is 5.75 Å². The average Bonchev–Trinajstić information content (AvgIpc) is 2.81. The van der Waals surface area contributed by atoms with Gasteiger partial charge in [0.05, 0.1) is 17.8 Å². The molecule has 2 rings (SSSR count). The van der Waals surface area contributed by atoms with Crippen LogP contribution in [0.4, 0.5) is 0 Å². The number of hydrogen-bond acceptors (Lipinski definition) is 4. The van der Waals surface area contributed by atoms with Crippen molar-refractivity contribution in [2.24, 2.45) is 0 Å². The molecule has 21 heavy (non-hydrogen) atoms. The minimum Gasteiger partial charge on any atom is -0.497 e. The van der Waals surface area contributed by atoms with Gasteiger partial charge in [-0.1, -0.05) is 12.1 Å². The third-order valence-electron chi connectivity index (χ3n) is 3.23. The number of carbonyl (C=O) groups excluding carboxylic acids is 1. The topological polar surface area (TPSA) is 51.2 Å². The normalized spacial score (nSPS) is 10.4. The van der Waals surface area contributed by atoms with E-state index in [1.165, 1.54) is 4.88 Å². The monoisotopic (exact) mass is 304 g/mol. The summed E-state index contributed by atoms with van der Waals surface area (Å²) in [6, 6.07) is 7.70. The number of methoxy groups -OCH3 is 1. The summed E-state index contributed by atoms with van der Waals surface area (Å²) in [6.45, 7) is 4.53. The van der Waals surface area contributed by atoms with E-state index in [0.717, 1.165) is 28.4 Å². The lowest BCUT2D eigenvalue weighted by Gasteiger charge is -2.06. The molecule has 112 valence electrons. The van der Waals surface area contributed by atoms with Crippen molar-refractivity contribution >= 4 is 17.2 Å². The molecule has 1 heterocycles. The van der Waals surface area contributed by atoms with Gasteiger partial charge >= 0.3 is 0 Å². The summed E-state index contributed by atoms with van der Waals surface area (Å²) in [5.41, 5.74) is 2.11. The molecule has 0 fully saturated rings. The van der Waals surface area contributed by atoms with Crippen LogP contribution in [0.2, 0.25) is 0 Å². The lowest BCUT2D eigenvalue weighted by molar-refractivity contribution is -0.121. The largest absolute Gasteiger partial charge is 0.497 e. The molecule has 1 aromatic heterocycles. The van der Waals surface area contributed by atoms with E-state index in [0.29, 0.717) is 13.0 Å². The van der Waals surface area contributed by atoms with Crippen LogP contribution in [-0.4, -0.2) is 18.0 Å². The van der Waals surface area contributed by atoms with Crippen molar-refractivity contribution < 1.29 is 9.53 Å². The number of rotatable bonds is 6. The molecular weight excluding hydrogens is 284 g/mol. The highest BCUT2D eigenvalue weighted by atomic mass is 32.1. The van der Waals surface area contributed by atoms with Gasteiger partial charge in [-0.15, -0.1) is 11.3 Å². The predicted octanol–water partition coefficient (Wildman–Crippen LogP) is 3.02. The average molecular weight is 304 g/mol. The predicted molar refractivity (Wildman–Crippen MR) is 84.7 cm³/mol. The third-order valence-corrected chi connectivity index (χ3v) is 4.36. The molecule has 0 atom stereocenters. The molecule has 0 radical (unpaired) electrons. The van der Waals surface area contributed by atoms with Crippen molar-refractivity contribution in [1.29, 1.82) is 0 Å². The highest BCUT2D eigenvalue weighted by Gasteiger charge is 2.08. The van der Waals surface area contributed by atoms with Gasteiger partial charge in [0.1, 0.15) is 5.75 Å². The lowest BCUT2D eigenvalue weighted by Crippen LogP contribution is -2.22. The molecule has 1 amide bonds. The van der Waals surface area contributed by atoms with Crippen LogP contribution in [0, 0.1) is 13.8 Å². The Kier molecular flexibility index (Phi) is 5.33. The number of thiazole rings is 1. The molecule has 5 heteroatoms. The number of ether oxygens (including phenoxy) is 1. The second-order valence-electron chi connectivity index (χ2n) is 4.87. The van der Waals surface area contributed by atoms with Crippen LogP contribution in [-0.2, 0) is 17.8 Å². The minimum absolute atomic E-state index is 0.0660. The van der Waals surface area contributed by atoms with Gasteiger partial charge in [0.25, 0.3) is 0 Å². The van der Waals surface area contributed by atoms with E-state index in [4.69, 9.17) is 4.74 Å². The van der Waals surface area contributed by atoms with Crippen molar-refractivity contribution in [2.75, 3.05) is 7.11 Å². The molecule has 0 unspecified atom stereocenters. The zero-order chi connectivity index (χ0) is 15.2. The Morgan fingerprint density at radius 3 is 2.57 bits per heavy atom. The number of nitrogens with zero attached hydrogens (tertiary/aromatic N) is 1. The molecule has 0 aliphatic heterocycles. The summed E-state index contributed by atoms with van der Waals surface area (Å²) < 4.78 is 5.10. The van der Waals surface area contributed by atoms with Gasteiger partial charge in [-0.25, -0.2) is 4.98 Å². The number of aryl methyl sites for hydroxylation is 3. The van der Waals surface area contributed by atoms with Crippen LogP contribution < -0.4 is 10.1 Å². The summed E-state index contributed by atoms with van der Waals surface area (Å²) in [5.74, 6) is 0.886. The van der Waals surface area contributed by atoms with Crippen LogP contribution in [0.3, 0.4) is 0 Å². The first-order chi connectivity index (χ1) is 10.1. The summed E-state index contributed by atoms with van der Waals surface area (Å²) in [6.07, 6.45) is 1.25. The van der Waals surface area contributed by atoms with E-state index < -0.39 is 0 Å². The van der Waals surface area contributed by atoms with E-state index in [1.54, 1.807) is 18.4 Å². The maximum absolute atomic E-state index is 11.9. The first-order valence-corrected chi connectivity index (χ1v) is 7.72. The van der Waals surface area contributed by atoms with Gasteiger partial charge in [-0.2, -0.15) is 0 Å². The molecule has 2 aromatic rings. The van der Waals surface area contributed by atoms with Crippen LogP contribution in [0.15, 0.2) is 24.3 Å². The molecule has 1 N–H and O–H groups in total. The Morgan fingerprint density at radius 2 is 2.00 bits per heavy atom. The van der Waals surface area contributed by atoms with Gasteiger partial charge in [-0.05, 0) is 38.0 Å². The Hall–Kier alpha value is -1.88. The molecule has 0 bridgehead atoms. The smallest absolute Gasteiger partial charge is 0.220 e. The van der Waals surface area contributed by atoms with E-state index in [9.17, 15) is 4.79 Å². The molecule has 0 spiro atoms. The van der Waals surface area contributed by atoms with Gasteiger partial charge in [0, 0.05) is 17.8 Å². The van der Waals surface area contributed by atoms with Gasteiger partial charge in [-0.3, -0.25) is 4.79 Å². The number of aromatic nitrogens is 1. The van der Waals surface area contributed by atoms with Gasteiger partial charge < -0.3 is 10.1 Å². The van der Waals surface area contributed by atoms with Crippen molar-refractivity contribution in [3.05, 3.63) is 45.4 Å². The van der Waals surface area contributed by atoms with Crippen molar-refractivity contribution in [2.45, 2.75) is 33.2 Å². The van der Waals surface area contributed by atoms with Crippen molar-refractivity contribution in [3.63, 3.8) is 0 Å². The SMILES string of the molecule is COc1ccc(CNC(=O)CCc2sc(C)nc2C)cc1. The van der Waals surface area contributed by atoms with Gasteiger partial charge in [0.15, 0.2) is 0 Å². The molecule has 0 saturated carbocycles. The summed E-state index contributed by atoms with van der Waals surface area (Å²) in [4.78, 5) is 17.5. The van der Waals surface area contributed by atoms with Crippen LogP contribution in [0.25, 0.3) is 0 Å².